The number of likely N-dealkylation sites (N-methyl/N-ethyl adjacent to an activating group) is 1. The number of hydrogen-bond acceptors (Lipinski definition) is 5. The number of amides is 1. The van der Waals surface area contributed by atoms with Crippen LogP contribution >= 0.6 is 0 Å². The second-order valence-electron chi connectivity index (χ2n) is 8.44. The van der Waals surface area contributed by atoms with Crippen molar-refractivity contribution in [2.75, 3.05) is 40.9 Å². The highest BCUT2D eigenvalue weighted by atomic mass is 16.5. The van der Waals surface area contributed by atoms with Crippen molar-refractivity contribution >= 4 is 5.91 Å². The zero-order chi connectivity index (χ0) is 23.2. The largest absolute Gasteiger partial charge is 0.493 e. The monoisotopic (exact) mass is 445 g/mol. The molecule has 0 radical (unpaired) electrons. The second-order valence-corrected chi connectivity index (χ2v) is 8.44. The van der Waals surface area contributed by atoms with E-state index in [1.807, 2.05) is 48.3 Å². The molecule has 1 atom stereocenters. The molecule has 0 saturated carbocycles. The molecule has 1 aromatic heterocycles. The Morgan fingerprint density at radius 3 is 2.45 bits per heavy atom. The van der Waals surface area contributed by atoms with Crippen LogP contribution < -0.4 is 9.47 Å². The summed E-state index contributed by atoms with van der Waals surface area (Å²) in [5, 5.41) is 0. The Hall–Kier alpha value is -3.38. The van der Waals surface area contributed by atoms with E-state index in [1.54, 1.807) is 26.6 Å². The zero-order valence-corrected chi connectivity index (χ0v) is 19.5. The highest BCUT2D eigenvalue weighted by Gasteiger charge is 2.30. The lowest BCUT2D eigenvalue weighted by Crippen LogP contribution is -2.34. The number of rotatable bonds is 7. The van der Waals surface area contributed by atoms with Crippen LogP contribution in [0.5, 0.6) is 11.5 Å². The number of carbonyl (C=O) groups is 1. The van der Waals surface area contributed by atoms with Crippen LogP contribution in [-0.2, 0) is 17.8 Å². The van der Waals surface area contributed by atoms with E-state index in [2.05, 4.69) is 28.1 Å². The molecule has 0 N–H and O–H groups in total. The molecule has 1 saturated heterocycles. The normalized spacial score (nSPS) is 17.0. The molecule has 0 bridgehead atoms. The highest BCUT2D eigenvalue weighted by Crippen LogP contribution is 2.32. The number of hydrogen-bond donors (Lipinski definition) is 0. The minimum absolute atomic E-state index is 0.128. The van der Waals surface area contributed by atoms with Crippen molar-refractivity contribution in [1.82, 2.24) is 14.8 Å². The molecular weight excluding hydrogens is 414 g/mol. The lowest BCUT2D eigenvalue weighted by Gasteiger charge is -2.25. The number of methoxy groups -OCH3 is 2. The van der Waals surface area contributed by atoms with Crippen molar-refractivity contribution in [3.8, 4) is 22.6 Å². The maximum absolute atomic E-state index is 13.3. The van der Waals surface area contributed by atoms with Crippen molar-refractivity contribution in [3.05, 3.63) is 78.1 Å². The first-order valence-corrected chi connectivity index (χ1v) is 11.3. The van der Waals surface area contributed by atoms with Gasteiger partial charge in [-0.1, -0.05) is 36.4 Å². The third-order valence-electron chi connectivity index (χ3n) is 6.31. The molecule has 4 rings (SSSR count). The lowest BCUT2D eigenvalue weighted by atomic mass is 9.91. The van der Waals surface area contributed by atoms with Crippen molar-refractivity contribution < 1.29 is 14.3 Å². The fraction of sp³-hybridized carbons (Fsp3) is 0.333. The third-order valence-corrected chi connectivity index (χ3v) is 6.31. The Labute approximate surface area is 195 Å². The van der Waals surface area contributed by atoms with E-state index in [-0.39, 0.29) is 11.8 Å². The van der Waals surface area contributed by atoms with Crippen LogP contribution in [0.25, 0.3) is 11.1 Å². The van der Waals surface area contributed by atoms with E-state index >= 15 is 0 Å². The Morgan fingerprint density at radius 2 is 1.70 bits per heavy atom. The molecule has 2 heterocycles. The minimum atomic E-state index is -0.128. The van der Waals surface area contributed by atoms with E-state index in [4.69, 9.17) is 9.47 Å². The predicted molar refractivity (Wildman–Crippen MR) is 129 cm³/mol. The quantitative estimate of drug-likeness (QED) is 0.552. The first kappa shape index (κ1) is 22.8. The maximum atomic E-state index is 13.3. The summed E-state index contributed by atoms with van der Waals surface area (Å²) in [6, 6.07) is 18.3. The summed E-state index contributed by atoms with van der Waals surface area (Å²) in [5.74, 6) is 1.54. The summed E-state index contributed by atoms with van der Waals surface area (Å²) in [6.45, 7) is 2.90. The SMILES string of the molecule is COc1cccc(CN2CCN(C)C(=O)C(Cc3ccccc3-c3ccncc3)C2)c1OC. The standard InChI is InChI=1S/C27H31N3O3/c1-29-15-16-30(18-22-8-6-10-25(32-2)26(22)33-3)19-23(27(29)31)17-21-7-4-5-9-24(21)20-11-13-28-14-12-20/h4-14,23H,15-19H2,1-3H3. The third kappa shape index (κ3) is 5.17. The van der Waals surface area contributed by atoms with Crippen LogP contribution in [0.3, 0.4) is 0 Å². The minimum Gasteiger partial charge on any atom is -0.493 e. The summed E-state index contributed by atoms with van der Waals surface area (Å²) in [4.78, 5) is 21.6. The van der Waals surface area contributed by atoms with Gasteiger partial charge in [-0.3, -0.25) is 14.7 Å². The van der Waals surface area contributed by atoms with Gasteiger partial charge in [0.05, 0.1) is 20.1 Å². The number of pyridine rings is 1. The fourth-order valence-corrected chi connectivity index (χ4v) is 4.59. The maximum Gasteiger partial charge on any atom is 0.227 e. The number of ether oxygens (including phenoxy) is 2. The fourth-order valence-electron chi connectivity index (χ4n) is 4.59. The Kier molecular flexibility index (Phi) is 7.25. The Bertz CT molecular complexity index is 1090. The molecule has 1 aliphatic rings. The van der Waals surface area contributed by atoms with Gasteiger partial charge in [0.15, 0.2) is 11.5 Å². The molecule has 1 amide bonds. The molecule has 1 unspecified atom stereocenters. The summed E-state index contributed by atoms with van der Waals surface area (Å²) in [7, 11) is 5.22. The van der Waals surface area contributed by atoms with Gasteiger partial charge in [-0.05, 0) is 41.3 Å². The van der Waals surface area contributed by atoms with E-state index in [9.17, 15) is 4.79 Å². The first-order chi connectivity index (χ1) is 16.1. The zero-order valence-electron chi connectivity index (χ0n) is 19.5. The van der Waals surface area contributed by atoms with E-state index in [0.717, 1.165) is 34.7 Å². The van der Waals surface area contributed by atoms with Gasteiger partial charge < -0.3 is 14.4 Å². The van der Waals surface area contributed by atoms with Gasteiger partial charge in [0, 0.05) is 51.2 Å². The number of nitrogens with zero attached hydrogens (tertiary/aromatic N) is 3. The topological polar surface area (TPSA) is 54.9 Å². The van der Waals surface area contributed by atoms with Gasteiger partial charge in [-0.15, -0.1) is 0 Å². The molecule has 0 spiro atoms. The summed E-state index contributed by atoms with van der Waals surface area (Å²) in [5.41, 5.74) is 4.51. The Morgan fingerprint density at radius 1 is 0.939 bits per heavy atom. The van der Waals surface area contributed by atoms with Crippen LogP contribution in [0.4, 0.5) is 0 Å². The average molecular weight is 446 g/mol. The molecule has 0 aliphatic carbocycles. The van der Waals surface area contributed by atoms with Crippen LogP contribution in [0.1, 0.15) is 11.1 Å². The second kappa shape index (κ2) is 10.5. The Balaban J connectivity index is 1.59. The molecule has 3 aromatic rings. The van der Waals surface area contributed by atoms with Crippen molar-refractivity contribution in [3.63, 3.8) is 0 Å². The molecule has 1 aliphatic heterocycles. The summed E-state index contributed by atoms with van der Waals surface area (Å²) >= 11 is 0. The number of aromatic nitrogens is 1. The van der Waals surface area contributed by atoms with Crippen molar-refractivity contribution in [2.45, 2.75) is 13.0 Å². The number of para-hydroxylation sites is 1. The van der Waals surface area contributed by atoms with Crippen LogP contribution in [0.2, 0.25) is 0 Å². The smallest absolute Gasteiger partial charge is 0.227 e. The van der Waals surface area contributed by atoms with E-state index < -0.39 is 0 Å². The molecule has 172 valence electrons. The molecular formula is C27H31N3O3. The van der Waals surface area contributed by atoms with Gasteiger partial charge in [-0.2, -0.15) is 0 Å². The number of benzene rings is 2. The van der Waals surface area contributed by atoms with E-state index in [1.165, 1.54) is 5.56 Å². The van der Waals surface area contributed by atoms with Crippen molar-refractivity contribution in [1.29, 1.82) is 0 Å². The first-order valence-electron chi connectivity index (χ1n) is 11.3. The highest BCUT2D eigenvalue weighted by molar-refractivity contribution is 5.80. The molecule has 2 aromatic carbocycles. The molecule has 6 nitrogen and oxygen atoms in total. The van der Waals surface area contributed by atoms with Gasteiger partial charge in [0.25, 0.3) is 0 Å². The molecule has 6 heteroatoms. The average Bonchev–Trinajstić information content (AvgIpc) is 2.98. The predicted octanol–water partition coefficient (Wildman–Crippen LogP) is 3.90. The van der Waals surface area contributed by atoms with Crippen LogP contribution in [0, 0.1) is 5.92 Å². The van der Waals surface area contributed by atoms with Crippen LogP contribution in [-0.4, -0.2) is 61.6 Å². The summed E-state index contributed by atoms with van der Waals surface area (Å²) in [6.07, 6.45) is 4.30. The van der Waals surface area contributed by atoms with Crippen LogP contribution in [0.15, 0.2) is 67.0 Å². The van der Waals surface area contributed by atoms with Gasteiger partial charge in [0.1, 0.15) is 0 Å². The van der Waals surface area contributed by atoms with Gasteiger partial charge in [0.2, 0.25) is 5.91 Å². The number of carbonyl (C=O) groups excluding carboxylic acids is 1. The van der Waals surface area contributed by atoms with E-state index in [0.29, 0.717) is 26.1 Å². The molecule has 1 fully saturated rings. The lowest BCUT2D eigenvalue weighted by molar-refractivity contribution is -0.133. The summed E-state index contributed by atoms with van der Waals surface area (Å²) < 4.78 is 11.1. The van der Waals surface area contributed by atoms with Gasteiger partial charge >= 0.3 is 0 Å². The van der Waals surface area contributed by atoms with Gasteiger partial charge in [-0.25, -0.2) is 0 Å². The molecule has 33 heavy (non-hydrogen) atoms. The van der Waals surface area contributed by atoms with Crippen molar-refractivity contribution in [2.24, 2.45) is 5.92 Å².